The molecule has 4 heteroatoms. The molecule has 0 heterocycles. The fourth-order valence-electron chi connectivity index (χ4n) is 2.47. The maximum absolute atomic E-state index is 12.5. The van der Waals surface area contributed by atoms with Gasteiger partial charge in [0, 0.05) is 0 Å². The fourth-order valence-corrected chi connectivity index (χ4v) is 6.69. The molecular weight excluding hydrogens is 283 g/mol. The fraction of sp³-hybridized carbons (Fsp3) is 0.538. The van der Waals surface area contributed by atoms with Crippen molar-refractivity contribution in [3.63, 3.8) is 0 Å². The van der Waals surface area contributed by atoms with E-state index in [1.54, 1.807) is 31.4 Å². The molecule has 1 aliphatic rings. The third-order valence-electron chi connectivity index (χ3n) is 3.42. The van der Waals surface area contributed by atoms with Crippen molar-refractivity contribution in [3.05, 3.63) is 30.3 Å². The minimum atomic E-state index is -4.09. The minimum absolute atomic E-state index is 0.126. The Balaban J connectivity index is 2.31. The number of hydrogen-bond donors (Lipinski definition) is 0. The van der Waals surface area contributed by atoms with E-state index in [9.17, 15) is 7.67 Å². The zero-order valence-corrected chi connectivity index (χ0v) is 11.7. The van der Waals surface area contributed by atoms with Crippen molar-refractivity contribution in [3.8, 4) is 0 Å². The second kappa shape index (κ2) is 5.30. The summed E-state index contributed by atoms with van der Waals surface area (Å²) in [5, 5.41) is 0. The van der Waals surface area contributed by atoms with Gasteiger partial charge in [-0.15, -0.1) is 0 Å². The molecular formula is C13H18O3Se. The summed E-state index contributed by atoms with van der Waals surface area (Å²) in [6, 6.07) is 8.79. The van der Waals surface area contributed by atoms with E-state index in [-0.39, 0.29) is 10.9 Å². The average Bonchev–Trinajstić information content (AvgIpc) is 2.39. The van der Waals surface area contributed by atoms with Crippen LogP contribution in [0.15, 0.2) is 30.3 Å². The summed E-state index contributed by atoms with van der Waals surface area (Å²) in [5.74, 6) is 0. The second-order valence-corrected chi connectivity index (χ2v) is 9.00. The molecule has 0 aromatic heterocycles. The van der Waals surface area contributed by atoms with Gasteiger partial charge < -0.3 is 0 Å². The van der Waals surface area contributed by atoms with Crippen LogP contribution in [-0.4, -0.2) is 25.9 Å². The molecule has 3 nitrogen and oxygen atoms in total. The molecule has 0 bridgehead atoms. The van der Waals surface area contributed by atoms with Crippen LogP contribution in [0.25, 0.3) is 0 Å². The van der Waals surface area contributed by atoms with Crippen LogP contribution >= 0.6 is 0 Å². The Morgan fingerprint density at radius 2 is 1.76 bits per heavy atom. The van der Waals surface area contributed by atoms with Crippen molar-refractivity contribution in [2.24, 2.45) is 0 Å². The summed E-state index contributed by atoms with van der Waals surface area (Å²) in [7, 11) is 1.61. The zero-order valence-electron chi connectivity index (χ0n) is 10.0. The predicted molar refractivity (Wildman–Crippen MR) is 66.2 cm³/mol. The Morgan fingerprint density at radius 3 is 2.41 bits per heavy atom. The number of rotatable bonds is 3. The van der Waals surface area contributed by atoms with Crippen molar-refractivity contribution in [2.75, 3.05) is 7.11 Å². The van der Waals surface area contributed by atoms with Crippen LogP contribution < -0.4 is 4.46 Å². The molecule has 0 radical (unpaired) electrons. The summed E-state index contributed by atoms with van der Waals surface area (Å²) in [5.41, 5.74) is 0. The Kier molecular flexibility index (Phi) is 3.97. The van der Waals surface area contributed by atoms with E-state index in [4.69, 9.17) is 4.74 Å². The number of ether oxygens (including phenoxy) is 1. The summed E-state index contributed by atoms with van der Waals surface area (Å²) in [6.07, 6.45) is 3.52. The molecule has 0 unspecified atom stereocenters. The Morgan fingerprint density at radius 1 is 1.12 bits per heavy atom. The average molecular weight is 301 g/mol. The van der Waals surface area contributed by atoms with Crippen molar-refractivity contribution in [1.82, 2.24) is 0 Å². The predicted octanol–water partition coefficient (Wildman–Crippen LogP) is 2.16. The summed E-state index contributed by atoms with van der Waals surface area (Å²) in [6.45, 7) is 0. The zero-order chi connectivity index (χ0) is 12.3. The molecule has 0 aliphatic heterocycles. The molecule has 1 aromatic rings. The van der Waals surface area contributed by atoms with E-state index in [1.807, 2.05) is 6.07 Å². The van der Waals surface area contributed by atoms with Gasteiger partial charge in [-0.05, 0) is 0 Å². The molecule has 1 aromatic carbocycles. The molecule has 2 rings (SSSR count). The van der Waals surface area contributed by atoms with Gasteiger partial charge >= 0.3 is 104 Å². The van der Waals surface area contributed by atoms with Crippen molar-refractivity contribution in [2.45, 2.75) is 36.6 Å². The number of benzene rings is 1. The first-order chi connectivity index (χ1) is 8.16. The second-order valence-electron chi connectivity index (χ2n) is 4.46. The maximum atomic E-state index is 12.5. The molecule has 94 valence electrons. The molecule has 0 amide bonds. The third-order valence-corrected chi connectivity index (χ3v) is 8.17. The molecule has 2 atom stereocenters. The van der Waals surface area contributed by atoms with Crippen LogP contribution in [0.4, 0.5) is 0 Å². The van der Waals surface area contributed by atoms with Gasteiger partial charge in [0.15, 0.2) is 0 Å². The van der Waals surface area contributed by atoms with Gasteiger partial charge in [0.1, 0.15) is 0 Å². The number of hydrogen-bond acceptors (Lipinski definition) is 3. The van der Waals surface area contributed by atoms with Crippen LogP contribution in [0, 0.1) is 0 Å². The van der Waals surface area contributed by atoms with Crippen molar-refractivity contribution in [1.29, 1.82) is 0 Å². The first-order valence-corrected chi connectivity index (χ1v) is 9.22. The van der Waals surface area contributed by atoms with E-state index in [0.29, 0.717) is 4.46 Å². The first kappa shape index (κ1) is 12.7. The van der Waals surface area contributed by atoms with Crippen LogP contribution in [0.5, 0.6) is 0 Å². The van der Waals surface area contributed by atoms with Crippen LogP contribution in [0.3, 0.4) is 0 Å². The van der Waals surface area contributed by atoms with Crippen LogP contribution in [0.1, 0.15) is 25.7 Å². The monoisotopic (exact) mass is 302 g/mol. The van der Waals surface area contributed by atoms with E-state index >= 15 is 0 Å². The molecule has 1 aliphatic carbocycles. The van der Waals surface area contributed by atoms with Gasteiger partial charge in [-0.1, -0.05) is 0 Å². The Labute approximate surface area is 104 Å². The molecule has 0 saturated heterocycles. The first-order valence-electron chi connectivity index (χ1n) is 5.98. The summed E-state index contributed by atoms with van der Waals surface area (Å²) >= 11 is -4.09. The number of methoxy groups -OCH3 is 1. The van der Waals surface area contributed by atoms with Gasteiger partial charge in [0.2, 0.25) is 0 Å². The van der Waals surface area contributed by atoms with Crippen LogP contribution in [-0.2, 0) is 12.4 Å². The van der Waals surface area contributed by atoms with Gasteiger partial charge in [-0.2, -0.15) is 0 Å². The molecule has 0 spiro atoms. The van der Waals surface area contributed by atoms with Crippen molar-refractivity contribution >= 4 is 17.2 Å². The Hall–Kier alpha value is -0.701. The van der Waals surface area contributed by atoms with Gasteiger partial charge in [-0.3, -0.25) is 0 Å². The summed E-state index contributed by atoms with van der Waals surface area (Å²) in [4.78, 5) is -0.313. The van der Waals surface area contributed by atoms with Gasteiger partial charge in [-0.25, -0.2) is 0 Å². The topological polar surface area (TPSA) is 43.4 Å². The standard InChI is InChI=1S/C13H18O3Se/c1-16-12-9-5-6-10-13(12)17(14,15)11-7-3-2-4-8-11/h2-4,7-8,12-13H,5-6,9-10H2,1H3/t12-,13-/m1/s1. The molecule has 1 fully saturated rings. The van der Waals surface area contributed by atoms with E-state index < -0.39 is 12.7 Å². The third kappa shape index (κ3) is 2.59. The van der Waals surface area contributed by atoms with Gasteiger partial charge in [0.25, 0.3) is 0 Å². The normalized spacial score (nSPS) is 25.7. The molecule has 0 N–H and O–H groups in total. The van der Waals surface area contributed by atoms with Crippen LogP contribution in [0.2, 0.25) is 4.82 Å². The van der Waals surface area contributed by atoms with E-state index in [2.05, 4.69) is 0 Å². The van der Waals surface area contributed by atoms with E-state index in [1.165, 1.54) is 0 Å². The van der Waals surface area contributed by atoms with E-state index in [0.717, 1.165) is 25.7 Å². The SMILES string of the molecule is CO[C@@H]1CCCC[C@H]1[Se](=O)(=O)c1ccccc1. The molecule has 1 saturated carbocycles. The van der Waals surface area contributed by atoms with Crippen molar-refractivity contribution < 1.29 is 12.4 Å². The summed E-state index contributed by atoms with van der Waals surface area (Å²) < 4.78 is 30.9. The molecule has 17 heavy (non-hydrogen) atoms. The van der Waals surface area contributed by atoms with Gasteiger partial charge in [0.05, 0.1) is 0 Å². The quantitative estimate of drug-likeness (QED) is 0.804. The Bertz CT molecular complexity index is 453.